The normalized spacial score (nSPS) is 11.6. The molecule has 0 spiro atoms. The van der Waals surface area contributed by atoms with Gasteiger partial charge in [0.2, 0.25) is 0 Å². The van der Waals surface area contributed by atoms with Crippen molar-refractivity contribution in [2.24, 2.45) is 0 Å². The molecule has 0 aliphatic rings. The molecule has 0 saturated heterocycles. The minimum absolute atomic E-state index is 0.880. The molecule has 0 radical (unpaired) electrons. The average molecular weight is 779 g/mol. The molecular weight excluding hydrogens is 741 g/mol. The first-order chi connectivity index (χ1) is 30.2. The fraction of sp³-hybridized carbons (Fsp3) is 0. The van der Waals surface area contributed by atoms with E-state index in [1.807, 2.05) is 0 Å². The molecule has 0 bridgehead atoms. The van der Waals surface area contributed by atoms with E-state index < -0.39 is 0 Å². The lowest BCUT2D eigenvalue weighted by Gasteiger charge is -2.28. The van der Waals surface area contributed by atoms with Gasteiger partial charge in [-0.15, -0.1) is 0 Å². The van der Waals surface area contributed by atoms with Gasteiger partial charge in [-0.25, -0.2) is 0 Å². The van der Waals surface area contributed by atoms with E-state index in [1.54, 1.807) is 0 Å². The predicted molar refractivity (Wildman–Crippen MR) is 257 cm³/mol. The number of anilines is 3. The maximum atomic E-state index is 6.67. The quantitative estimate of drug-likeness (QED) is 0.161. The molecule has 2 aromatic heterocycles. The van der Waals surface area contributed by atoms with Gasteiger partial charge in [-0.2, -0.15) is 0 Å². The highest BCUT2D eigenvalue weighted by atomic mass is 16.3. The second-order valence-corrected chi connectivity index (χ2v) is 15.7. The fourth-order valence-corrected chi connectivity index (χ4v) is 9.27. The predicted octanol–water partition coefficient (Wildman–Crippen LogP) is 16.3. The lowest BCUT2D eigenvalue weighted by atomic mass is 9.99. The van der Waals surface area contributed by atoms with Crippen molar-refractivity contribution >= 4 is 71.6 Å². The smallest absolute Gasteiger partial charge is 0.143 e. The van der Waals surface area contributed by atoms with Crippen LogP contribution in [0.5, 0.6) is 0 Å². The summed E-state index contributed by atoms with van der Waals surface area (Å²) < 4.78 is 9.05. The number of rotatable bonds is 7. The molecule has 2 heterocycles. The van der Waals surface area contributed by atoms with Gasteiger partial charge in [0.25, 0.3) is 0 Å². The Morgan fingerprint density at radius 2 is 0.902 bits per heavy atom. The van der Waals surface area contributed by atoms with E-state index in [9.17, 15) is 0 Å². The van der Waals surface area contributed by atoms with Gasteiger partial charge in [0.15, 0.2) is 0 Å². The van der Waals surface area contributed by atoms with Crippen LogP contribution >= 0.6 is 0 Å². The first kappa shape index (κ1) is 34.9. The van der Waals surface area contributed by atoms with E-state index >= 15 is 0 Å². The highest BCUT2D eigenvalue weighted by molar-refractivity contribution is 6.15. The number of hydrogen-bond acceptors (Lipinski definition) is 2. The molecule has 0 saturated carbocycles. The van der Waals surface area contributed by atoms with Gasteiger partial charge < -0.3 is 13.9 Å². The molecule has 61 heavy (non-hydrogen) atoms. The van der Waals surface area contributed by atoms with Gasteiger partial charge in [0, 0.05) is 49.6 Å². The van der Waals surface area contributed by atoms with Crippen molar-refractivity contribution in [2.45, 2.75) is 0 Å². The summed E-state index contributed by atoms with van der Waals surface area (Å²) in [5.74, 6) is 0. The summed E-state index contributed by atoms with van der Waals surface area (Å²) in [7, 11) is 0. The highest BCUT2D eigenvalue weighted by Crippen LogP contribution is 2.44. The Balaban J connectivity index is 0.967. The van der Waals surface area contributed by atoms with E-state index in [1.165, 1.54) is 38.3 Å². The topological polar surface area (TPSA) is 21.3 Å². The zero-order valence-electron chi connectivity index (χ0n) is 33.2. The van der Waals surface area contributed by atoms with Crippen molar-refractivity contribution < 1.29 is 4.42 Å². The zero-order valence-corrected chi connectivity index (χ0v) is 33.2. The summed E-state index contributed by atoms with van der Waals surface area (Å²) in [5, 5.41) is 7.08. The Hall–Kier alpha value is -8.14. The first-order valence-corrected chi connectivity index (χ1v) is 20.8. The van der Waals surface area contributed by atoms with Crippen LogP contribution in [0.1, 0.15) is 0 Å². The van der Waals surface area contributed by atoms with Crippen molar-refractivity contribution in [3.8, 4) is 39.1 Å². The summed E-state index contributed by atoms with van der Waals surface area (Å²) in [5.41, 5.74) is 15.5. The Bertz CT molecular complexity index is 3520. The number of nitrogens with zero attached hydrogens (tertiary/aromatic N) is 2. The minimum atomic E-state index is 0.880. The van der Waals surface area contributed by atoms with Gasteiger partial charge in [-0.3, -0.25) is 0 Å². The monoisotopic (exact) mass is 778 g/mol. The van der Waals surface area contributed by atoms with Crippen molar-refractivity contribution in [2.75, 3.05) is 4.90 Å². The maximum absolute atomic E-state index is 6.67. The second kappa shape index (κ2) is 14.3. The lowest BCUT2D eigenvalue weighted by molar-refractivity contribution is 0.673. The largest absolute Gasteiger partial charge is 0.455 e. The molecule has 0 unspecified atom stereocenters. The van der Waals surface area contributed by atoms with Crippen LogP contribution in [0.2, 0.25) is 0 Å². The Morgan fingerprint density at radius 1 is 0.344 bits per heavy atom. The summed E-state index contributed by atoms with van der Waals surface area (Å²) in [6, 6.07) is 82.8. The van der Waals surface area contributed by atoms with Crippen LogP contribution in [0.3, 0.4) is 0 Å². The summed E-state index contributed by atoms with van der Waals surface area (Å²) in [4.78, 5) is 2.37. The second-order valence-electron chi connectivity index (χ2n) is 15.7. The van der Waals surface area contributed by atoms with Crippen LogP contribution in [0.4, 0.5) is 17.1 Å². The number of fused-ring (bicyclic) bond motifs is 8. The molecule has 0 aliphatic carbocycles. The third-order valence-corrected chi connectivity index (χ3v) is 12.2. The Morgan fingerprint density at radius 3 is 1.64 bits per heavy atom. The molecule has 286 valence electrons. The number of aromatic nitrogens is 1. The summed E-state index contributed by atoms with van der Waals surface area (Å²) in [6.07, 6.45) is 0. The molecule has 12 rings (SSSR count). The van der Waals surface area contributed by atoms with Crippen molar-refractivity contribution in [1.29, 1.82) is 0 Å². The lowest BCUT2D eigenvalue weighted by Crippen LogP contribution is -2.11. The maximum Gasteiger partial charge on any atom is 0.143 e. The molecule has 3 nitrogen and oxygen atoms in total. The minimum Gasteiger partial charge on any atom is -0.455 e. The third-order valence-electron chi connectivity index (χ3n) is 12.2. The SMILES string of the molecule is c1ccc(-c2ccc(N(c3ccc(-c4cccc(-n5c6ccccc6c6ccccc65)c4)cc3)c3ccccc3-c3ccc4c(c3)oc3c5ccccc5ccc43)cc2)cc1. The van der Waals surface area contributed by atoms with Gasteiger partial charge in [-0.1, -0.05) is 158 Å². The molecule has 12 aromatic rings. The fourth-order valence-electron chi connectivity index (χ4n) is 9.27. The average Bonchev–Trinajstić information content (AvgIpc) is 3.88. The Kier molecular flexibility index (Phi) is 8.17. The summed E-state index contributed by atoms with van der Waals surface area (Å²) >= 11 is 0. The first-order valence-electron chi connectivity index (χ1n) is 20.8. The molecule has 0 N–H and O–H groups in total. The number of para-hydroxylation sites is 3. The van der Waals surface area contributed by atoms with Crippen LogP contribution in [-0.4, -0.2) is 4.57 Å². The van der Waals surface area contributed by atoms with Crippen LogP contribution in [-0.2, 0) is 0 Å². The number of furan rings is 1. The molecule has 3 heteroatoms. The van der Waals surface area contributed by atoms with E-state index in [2.05, 4.69) is 240 Å². The van der Waals surface area contributed by atoms with Gasteiger partial charge >= 0.3 is 0 Å². The summed E-state index contributed by atoms with van der Waals surface area (Å²) in [6.45, 7) is 0. The van der Waals surface area contributed by atoms with Crippen LogP contribution in [0.25, 0.3) is 93.6 Å². The number of hydrogen-bond donors (Lipinski definition) is 0. The highest BCUT2D eigenvalue weighted by Gasteiger charge is 2.20. The zero-order chi connectivity index (χ0) is 40.3. The van der Waals surface area contributed by atoms with Crippen LogP contribution in [0, 0.1) is 0 Å². The molecule has 0 aliphatic heterocycles. The van der Waals surface area contributed by atoms with E-state index in [0.29, 0.717) is 0 Å². The molecule has 0 amide bonds. The standard InChI is InChI=1S/C58H38N2O/c1-2-13-39(14-3-1)40-25-31-45(32-26-40)59(54-22-9-6-18-48(54)44-30-35-52-53-36-29-42-15-4-5-19-49(42)58(53)61-57(52)38-44)46-33-27-41(28-34-46)43-16-12-17-47(37-43)60-55-23-10-7-20-50(55)51-21-8-11-24-56(51)60/h1-38H. The van der Waals surface area contributed by atoms with Gasteiger partial charge in [0.05, 0.1) is 16.7 Å². The van der Waals surface area contributed by atoms with Crippen LogP contribution < -0.4 is 4.90 Å². The molecule has 0 fully saturated rings. The molecule has 0 atom stereocenters. The molecular formula is C58H38N2O. The number of benzene rings is 10. The van der Waals surface area contributed by atoms with E-state index in [0.717, 1.165) is 72.3 Å². The van der Waals surface area contributed by atoms with Crippen molar-refractivity contribution in [1.82, 2.24) is 4.57 Å². The van der Waals surface area contributed by atoms with E-state index in [4.69, 9.17) is 4.42 Å². The molecule has 10 aromatic carbocycles. The van der Waals surface area contributed by atoms with Crippen molar-refractivity contribution in [3.63, 3.8) is 0 Å². The van der Waals surface area contributed by atoms with Gasteiger partial charge in [0.1, 0.15) is 11.2 Å². The Labute approximate surface area is 353 Å². The van der Waals surface area contributed by atoms with Crippen LogP contribution in [0.15, 0.2) is 235 Å². The van der Waals surface area contributed by atoms with Gasteiger partial charge in [-0.05, 0) is 106 Å². The third kappa shape index (κ3) is 5.90. The van der Waals surface area contributed by atoms with Crippen molar-refractivity contribution in [3.05, 3.63) is 231 Å². The van der Waals surface area contributed by atoms with E-state index in [-0.39, 0.29) is 0 Å².